The van der Waals surface area contributed by atoms with Crippen molar-refractivity contribution in [2.75, 3.05) is 20.2 Å². The van der Waals surface area contributed by atoms with E-state index in [4.69, 9.17) is 4.74 Å². The van der Waals surface area contributed by atoms with E-state index in [1.54, 1.807) is 7.11 Å². The zero-order valence-electron chi connectivity index (χ0n) is 7.89. The van der Waals surface area contributed by atoms with Crippen molar-refractivity contribution in [3.8, 4) is 0 Å². The molecule has 0 bridgehead atoms. The Bertz CT molecular complexity index is 104. The summed E-state index contributed by atoms with van der Waals surface area (Å²) in [7, 11) is 1.76. The molecular formula is C7H18F3NOS. The Kier molecular flexibility index (Phi) is 14.6. The van der Waals surface area contributed by atoms with Crippen LogP contribution in [-0.2, 0) is 4.74 Å². The zero-order chi connectivity index (χ0) is 7.40. The molecule has 0 aromatic rings. The molecule has 1 unspecified atom stereocenters. The summed E-state index contributed by atoms with van der Waals surface area (Å²) >= 11 is 1.82. The van der Waals surface area contributed by atoms with Gasteiger partial charge < -0.3 is 4.74 Å². The normalized spacial score (nSPS) is 18.0. The van der Waals surface area contributed by atoms with Crippen molar-refractivity contribution in [2.45, 2.75) is 25.2 Å². The Balaban J connectivity index is -0.000000333. The van der Waals surface area contributed by atoms with Gasteiger partial charge in [-0.2, -0.15) is 0 Å². The molecule has 0 saturated carbocycles. The minimum atomic E-state index is 0. The molecule has 2 nitrogen and oxygen atoms in total. The summed E-state index contributed by atoms with van der Waals surface area (Å²) in [4.78, 5) is 0. The summed E-state index contributed by atoms with van der Waals surface area (Å²) in [6, 6.07) is 0. The topological polar surface area (TPSA) is 12.5 Å². The number of nitrogens with zero attached hydrogens (tertiary/aromatic N) is 1. The van der Waals surface area contributed by atoms with Gasteiger partial charge in [0, 0.05) is 20.2 Å². The SMILES string of the molecule is COC(C)SN1CCCC1.F.F.F. The standard InChI is InChI=1S/C7H15NOS.3FH/c1-7(9-2)10-8-5-3-4-6-8;;;/h7H,3-6H2,1-2H3;3*1H. The minimum absolute atomic E-state index is 0. The second kappa shape index (κ2) is 10.1. The maximum Gasteiger partial charge on any atom is 0.114 e. The van der Waals surface area contributed by atoms with Gasteiger partial charge >= 0.3 is 0 Å². The molecule has 1 rings (SSSR count). The first-order valence-electron chi connectivity index (χ1n) is 3.77. The molecule has 1 aliphatic rings. The predicted molar refractivity (Wildman–Crippen MR) is 52.4 cm³/mol. The van der Waals surface area contributed by atoms with Crippen LogP contribution in [-0.4, -0.2) is 29.9 Å². The van der Waals surface area contributed by atoms with Crippen molar-refractivity contribution in [3.05, 3.63) is 0 Å². The smallest absolute Gasteiger partial charge is 0.114 e. The molecule has 0 aromatic heterocycles. The molecule has 0 spiro atoms. The van der Waals surface area contributed by atoms with E-state index in [0.717, 1.165) is 0 Å². The molecule has 1 aliphatic heterocycles. The first-order chi connectivity index (χ1) is 4.83. The van der Waals surface area contributed by atoms with Crippen LogP contribution in [0.4, 0.5) is 14.1 Å². The van der Waals surface area contributed by atoms with Crippen molar-refractivity contribution >= 4 is 11.9 Å². The zero-order valence-corrected chi connectivity index (χ0v) is 8.71. The lowest BCUT2D eigenvalue weighted by molar-refractivity contribution is 0.184. The average Bonchev–Trinajstić information content (AvgIpc) is 2.40. The third-order valence-electron chi connectivity index (χ3n) is 1.69. The van der Waals surface area contributed by atoms with Crippen molar-refractivity contribution in [1.82, 2.24) is 4.31 Å². The quantitative estimate of drug-likeness (QED) is 0.535. The largest absolute Gasteiger partial charge is 0.370 e. The molecule has 6 heteroatoms. The maximum absolute atomic E-state index is 5.13. The number of rotatable bonds is 3. The molecule has 1 heterocycles. The van der Waals surface area contributed by atoms with Crippen molar-refractivity contribution < 1.29 is 18.9 Å². The highest BCUT2D eigenvalue weighted by Gasteiger charge is 2.14. The fourth-order valence-corrected chi connectivity index (χ4v) is 2.02. The Morgan fingerprint density at radius 2 is 1.62 bits per heavy atom. The highest BCUT2D eigenvalue weighted by molar-refractivity contribution is 7.97. The Hall–Kier alpha value is 0.0600. The summed E-state index contributed by atoms with van der Waals surface area (Å²) in [6.07, 6.45) is 2.70. The molecule has 0 radical (unpaired) electrons. The van der Waals surface area contributed by atoms with E-state index in [2.05, 4.69) is 11.2 Å². The molecular weight excluding hydrogens is 203 g/mol. The molecule has 0 aromatic carbocycles. The number of methoxy groups -OCH3 is 1. The predicted octanol–water partition coefficient (Wildman–Crippen LogP) is 2.18. The van der Waals surface area contributed by atoms with Crippen LogP contribution in [0, 0.1) is 0 Å². The summed E-state index contributed by atoms with van der Waals surface area (Å²) in [5.74, 6) is 0. The number of ether oxygens (including phenoxy) is 1. The summed E-state index contributed by atoms with van der Waals surface area (Å²) in [5.41, 5.74) is 0.318. The number of hydrogen-bond acceptors (Lipinski definition) is 3. The van der Waals surface area contributed by atoms with Crippen LogP contribution in [0.1, 0.15) is 19.8 Å². The van der Waals surface area contributed by atoms with Crippen molar-refractivity contribution in [3.63, 3.8) is 0 Å². The maximum atomic E-state index is 5.13. The van der Waals surface area contributed by atoms with Gasteiger partial charge in [0.2, 0.25) is 0 Å². The van der Waals surface area contributed by atoms with E-state index >= 15 is 0 Å². The van der Waals surface area contributed by atoms with Gasteiger partial charge in [0.15, 0.2) is 0 Å². The molecule has 0 amide bonds. The third kappa shape index (κ3) is 7.16. The molecule has 0 N–H and O–H groups in total. The molecule has 1 atom stereocenters. The molecule has 1 saturated heterocycles. The van der Waals surface area contributed by atoms with Crippen LogP contribution in [0.25, 0.3) is 0 Å². The third-order valence-corrected chi connectivity index (χ3v) is 2.85. The van der Waals surface area contributed by atoms with Crippen LogP contribution >= 0.6 is 11.9 Å². The van der Waals surface area contributed by atoms with Crippen molar-refractivity contribution in [2.24, 2.45) is 0 Å². The highest BCUT2D eigenvalue weighted by atomic mass is 32.2. The van der Waals surface area contributed by atoms with Crippen LogP contribution in [0.3, 0.4) is 0 Å². The van der Waals surface area contributed by atoms with Gasteiger partial charge in [-0.25, -0.2) is 4.31 Å². The minimum Gasteiger partial charge on any atom is -0.370 e. The van der Waals surface area contributed by atoms with E-state index < -0.39 is 0 Å². The highest BCUT2D eigenvalue weighted by Crippen LogP contribution is 2.22. The lowest BCUT2D eigenvalue weighted by Gasteiger charge is -2.17. The average molecular weight is 221 g/mol. The van der Waals surface area contributed by atoms with E-state index in [0.29, 0.717) is 5.44 Å². The van der Waals surface area contributed by atoms with Gasteiger partial charge in [0.25, 0.3) is 0 Å². The first-order valence-corrected chi connectivity index (χ1v) is 4.61. The van der Waals surface area contributed by atoms with E-state index in [1.165, 1.54) is 25.9 Å². The van der Waals surface area contributed by atoms with E-state index in [1.807, 2.05) is 11.9 Å². The fraction of sp³-hybridized carbons (Fsp3) is 1.00. The van der Waals surface area contributed by atoms with Crippen LogP contribution < -0.4 is 0 Å². The summed E-state index contributed by atoms with van der Waals surface area (Å²) in [6.45, 7) is 4.56. The van der Waals surface area contributed by atoms with Crippen LogP contribution in [0.15, 0.2) is 0 Å². The second-order valence-electron chi connectivity index (χ2n) is 2.54. The van der Waals surface area contributed by atoms with E-state index in [-0.39, 0.29) is 14.1 Å². The molecule has 84 valence electrons. The first kappa shape index (κ1) is 18.8. The monoisotopic (exact) mass is 221 g/mol. The summed E-state index contributed by atoms with van der Waals surface area (Å²) < 4.78 is 7.52. The van der Waals surface area contributed by atoms with Crippen LogP contribution in [0.2, 0.25) is 0 Å². The lowest BCUT2D eigenvalue weighted by atomic mass is 10.4. The van der Waals surface area contributed by atoms with Gasteiger partial charge in [0.05, 0.1) is 0 Å². The number of hydrogen-bond donors (Lipinski definition) is 0. The second-order valence-corrected chi connectivity index (χ2v) is 3.94. The lowest BCUT2D eigenvalue weighted by Crippen LogP contribution is -2.15. The van der Waals surface area contributed by atoms with Gasteiger partial charge in [0.1, 0.15) is 5.44 Å². The molecule has 0 aliphatic carbocycles. The van der Waals surface area contributed by atoms with Gasteiger partial charge in [-0.05, 0) is 31.7 Å². The Labute approximate surface area is 81.2 Å². The van der Waals surface area contributed by atoms with Gasteiger partial charge in [-0.15, -0.1) is 0 Å². The summed E-state index contributed by atoms with van der Waals surface area (Å²) in [5, 5.41) is 0. The van der Waals surface area contributed by atoms with Gasteiger partial charge in [-0.3, -0.25) is 14.1 Å². The van der Waals surface area contributed by atoms with E-state index in [9.17, 15) is 0 Å². The molecule has 1 fully saturated rings. The molecule has 13 heavy (non-hydrogen) atoms. The fourth-order valence-electron chi connectivity index (χ4n) is 1.05. The number of halogens is 3. The Morgan fingerprint density at radius 3 is 2.00 bits per heavy atom. The Morgan fingerprint density at radius 1 is 1.15 bits per heavy atom. The van der Waals surface area contributed by atoms with Crippen LogP contribution in [0.5, 0.6) is 0 Å². The van der Waals surface area contributed by atoms with Gasteiger partial charge in [-0.1, -0.05) is 0 Å². The van der Waals surface area contributed by atoms with Crippen molar-refractivity contribution in [1.29, 1.82) is 0 Å².